The molecule has 0 fully saturated rings. The highest BCUT2D eigenvalue weighted by Crippen LogP contribution is 2.24. The van der Waals surface area contributed by atoms with Crippen LogP contribution in [-0.4, -0.2) is 23.5 Å². The van der Waals surface area contributed by atoms with E-state index in [1.807, 2.05) is 0 Å². The van der Waals surface area contributed by atoms with Crippen LogP contribution in [0.15, 0.2) is 69.7 Å². The monoisotopic (exact) mass is 268 g/mol. The van der Waals surface area contributed by atoms with E-state index in [0.29, 0.717) is 0 Å². The summed E-state index contributed by atoms with van der Waals surface area (Å²) in [4.78, 5) is 27.5. The Bertz CT molecular complexity index is 579. The lowest BCUT2D eigenvalue weighted by Crippen LogP contribution is -2.34. The summed E-state index contributed by atoms with van der Waals surface area (Å²) >= 11 is 0. The summed E-state index contributed by atoms with van der Waals surface area (Å²) in [6.45, 7) is 0. The fourth-order valence-corrected chi connectivity index (χ4v) is 1.81. The molecule has 2 aliphatic rings. The van der Waals surface area contributed by atoms with Crippen LogP contribution < -0.4 is 11.5 Å². The van der Waals surface area contributed by atoms with Gasteiger partial charge in [-0.2, -0.15) is 9.98 Å². The maximum Gasteiger partial charge on any atom is 0.237 e. The Morgan fingerprint density at radius 1 is 0.750 bits per heavy atom. The summed E-state index contributed by atoms with van der Waals surface area (Å²) < 4.78 is 0. The first-order valence-corrected chi connectivity index (χ1v) is 5.77. The van der Waals surface area contributed by atoms with Gasteiger partial charge in [0.05, 0.1) is 0 Å². The van der Waals surface area contributed by atoms with Crippen LogP contribution in [-0.2, 0) is 9.59 Å². The minimum absolute atomic E-state index is 0.872. The minimum atomic E-state index is -1.15. The molecule has 0 aromatic carbocycles. The zero-order valence-electron chi connectivity index (χ0n) is 10.5. The molecule has 100 valence electrons. The molecule has 0 aliphatic heterocycles. The average Bonchev–Trinajstić information content (AvgIpc) is 2.41. The van der Waals surface area contributed by atoms with Crippen molar-refractivity contribution in [3.63, 3.8) is 0 Å². The van der Waals surface area contributed by atoms with Crippen LogP contribution in [0, 0.1) is 0 Å². The molecule has 2 rings (SSSR count). The Kier molecular flexibility index (Phi) is 3.57. The first kappa shape index (κ1) is 13.8. The van der Waals surface area contributed by atoms with Crippen molar-refractivity contribution >= 4 is 12.2 Å². The van der Waals surface area contributed by atoms with Gasteiger partial charge in [0.2, 0.25) is 12.2 Å². The highest BCUT2D eigenvalue weighted by atomic mass is 16.1. The van der Waals surface area contributed by atoms with Gasteiger partial charge in [-0.3, -0.25) is 11.5 Å². The fourth-order valence-electron chi connectivity index (χ4n) is 1.81. The Labute approximate surface area is 115 Å². The average molecular weight is 268 g/mol. The Morgan fingerprint density at radius 2 is 1.05 bits per heavy atom. The molecular weight excluding hydrogens is 256 g/mol. The van der Waals surface area contributed by atoms with E-state index in [2.05, 4.69) is 9.98 Å². The Hall–Kier alpha value is -2.62. The van der Waals surface area contributed by atoms with Crippen LogP contribution in [0.1, 0.15) is 0 Å². The summed E-state index contributed by atoms with van der Waals surface area (Å²) in [6.07, 6.45) is 16.2. The van der Waals surface area contributed by atoms with Crippen molar-refractivity contribution in [1.29, 1.82) is 0 Å². The van der Waals surface area contributed by atoms with Gasteiger partial charge in [-0.05, 0) is 35.5 Å². The minimum Gasteiger partial charge on any atom is -0.300 e. The Morgan fingerprint density at radius 3 is 1.30 bits per heavy atom. The molecule has 4 N–H and O–H groups in total. The first-order chi connectivity index (χ1) is 9.50. The van der Waals surface area contributed by atoms with E-state index in [9.17, 15) is 9.59 Å². The molecule has 0 radical (unpaired) electrons. The van der Waals surface area contributed by atoms with Crippen molar-refractivity contribution in [2.75, 3.05) is 0 Å². The van der Waals surface area contributed by atoms with Crippen molar-refractivity contribution in [2.24, 2.45) is 21.5 Å². The molecule has 0 saturated heterocycles. The number of allylic oxidation sites excluding steroid dienone is 6. The van der Waals surface area contributed by atoms with E-state index in [4.69, 9.17) is 11.5 Å². The lowest BCUT2D eigenvalue weighted by atomic mass is 9.93. The van der Waals surface area contributed by atoms with Crippen molar-refractivity contribution in [2.45, 2.75) is 11.3 Å². The van der Waals surface area contributed by atoms with E-state index in [1.54, 1.807) is 48.6 Å². The van der Waals surface area contributed by atoms with Crippen molar-refractivity contribution in [3.8, 4) is 0 Å². The van der Waals surface area contributed by atoms with Gasteiger partial charge in [0, 0.05) is 0 Å². The number of hydrogen-bond acceptors (Lipinski definition) is 6. The quantitative estimate of drug-likeness (QED) is 0.561. The molecule has 6 nitrogen and oxygen atoms in total. The molecular formula is C14H12N4O2. The third-order valence-electron chi connectivity index (χ3n) is 2.93. The third kappa shape index (κ3) is 2.85. The number of nitrogens with two attached hydrogens (primary N) is 2. The molecule has 0 bridgehead atoms. The zero-order chi connectivity index (χ0) is 14.6. The number of rotatable bonds is 2. The fraction of sp³-hybridized carbons (Fsp3) is 0.143. The molecule has 6 heteroatoms. The van der Waals surface area contributed by atoms with E-state index in [0.717, 1.165) is 11.1 Å². The molecule has 20 heavy (non-hydrogen) atoms. The summed E-state index contributed by atoms with van der Waals surface area (Å²) in [6, 6.07) is 0. The van der Waals surface area contributed by atoms with Gasteiger partial charge in [-0.25, -0.2) is 9.59 Å². The lowest BCUT2D eigenvalue weighted by molar-refractivity contribution is 0.553. The molecule has 0 saturated carbocycles. The van der Waals surface area contributed by atoms with Crippen LogP contribution in [0.4, 0.5) is 0 Å². The molecule has 0 heterocycles. The largest absolute Gasteiger partial charge is 0.300 e. The van der Waals surface area contributed by atoms with Gasteiger partial charge in [0.1, 0.15) is 0 Å². The lowest BCUT2D eigenvalue weighted by Gasteiger charge is -2.21. The highest BCUT2D eigenvalue weighted by molar-refractivity contribution is 5.54. The van der Waals surface area contributed by atoms with Crippen LogP contribution >= 0.6 is 0 Å². The van der Waals surface area contributed by atoms with Crippen LogP contribution in [0.25, 0.3) is 0 Å². The van der Waals surface area contributed by atoms with Crippen molar-refractivity contribution in [3.05, 3.63) is 59.8 Å². The van der Waals surface area contributed by atoms with Gasteiger partial charge in [0.15, 0.2) is 11.3 Å². The number of nitrogens with zero attached hydrogens (tertiary/aromatic N) is 2. The Balaban J connectivity index is 2.28. The number of isocyanates is 2. The predicted octanol–water partition coefficient (Wildman–Crippen LogP) is 0.517. The SMILES string of the molecule is NC1(N=C=O)C=CC(=C2C=CC(N)(N=C=O)C=C2)C=C1. The van der Waals surface area contributed by atoms with Gasteiger partial charge < -0.3 is 0 Å². The smallest absolute Gasteiger partial charge is 0.237 e. The molecule has 0 spiro atoms. The summed E-state index contributed by atoms with van der Waals surface area (Å²) in [7, 11) is 0. The van der Waals surface area contributed by atoms with Gasteiger partial charge in [0.25, 0.3) is 0 Å². The topological polar surface area (TPSA) is 111 Å². The highest BCUT2D eigenvalue weighted by Gasteiger charge is 2.22. The predicted molar refractivity (Wildman–Crippen MR) is 73.7 cm³/mol. The van der Waals surface area contributed by atoms with Crippen LogP contribution in [0.2, 0.25) is 0 Å². The zero-order valence-corrected chi connectivity index (χ0v) is 10.5. The standard InChI is InChI=1S/C14H12N4O2/c15-13(17-9-19)5-1-11(2-6-13)12-3-7-14(16,8-4-12)18-10-20/h1-8H,15-16H2. The maximum absolute atomic E-state index is 10.3. The number of hydrogen-bond donors (Lipinski definition) is 2. The second-order valence-electron chi connectivity index (χ2n) is 4.42. The molecule has 0 atom stereocenters. The van der Waals surface area contributed by atoms with Gasteiger partial charge in [-0.1, -0.05) is 24.3 Å². The molecule has 0 aromatic heterocycles. The van der Waals surface area contributed by atoms with Crippen LogP contribution in [0.5, 0.6) is 0 Å². The summed E-state index contributed by atoms with van der Waals surface area (Å²) in [5.74, 6) is 0. The molecule has 0 aromatic rings. The second-order valence-corrected chi connectivity index (χ2v) is 4.42. The third-order valence-corrected chi connectivity index (χ3v) is 2.93. The van der Waals surface area contributed by atoms with Crippen molar-refractivity contribution < 1.29 is 9.59 Å². The van der Waals surface area contributed by atoms with Crippen LogP contribution in [0.3, 0.4) is 0 Å². The summed E-state index contributed by atoms with van der Waals surface area (Å²) in [5.41, 5.74) is 11.1. The summed E-state index contributed by atoms with van der Waals surface area (Å²) in [5, 5.41) is 0. The molecule has 2 aliphatic carbocycles. The maximum atomic E-state index is 10.3. The van der Waals surface area contributed by atoms with E-state index in [-0.39, 0.29) is 0 Å². The normalized spacial score (nSPS) is 30.9. The first-order valence-electron chi connectivity index (χ1n) is 5.77. The molecule has 0 unspecified atom stereocenters. The van der Waals surface area contributed by atoms with E-state index < -0.39 is 11.3 Å². The number of aliphatic imine (C=N–C) groups is 2. The van der Waals surface area contributed by atoms with Gasteiger partial charge in [-0.15, -0.1) is 0 Å². The second kappa shape index (κ2) is 5.17. The van der Waals surface area contributed by atoms with E-state index in [1.165, 1.54) is 12.2 Å². The molecule has 0 amide bonds. The van der Waals surface area contributed by atoms with Crippen molar-refractivity contribution in [1.82, 2.24) is 0 Å². The van der Waals surface area contributed by atoms with E-state index >= 15 is 0 Å². The van der Waals surface area contributed by atoms with Gasteiger partial charge >= 0.3 is 0 Å². The number of carbonyl (C=O) groups excluding carboxylic acids is 2.